The zero-order valence-corrected chi connectivity index (χ0v) is 17.2. The average Bonchev–Trinajstić information content (AvgIpc) is 2.92. The van der Waals surface area contributed by atoms with Crippen LogP contribution in [-0.2, 0) is 9.53 Å². The molecule has 0 aromatic heterocycles. The number of nitrogens with zero attached hydrogens (tertiary/aromatic N) is 1. The van der Waals surface area contributed by atoms with E-state index in [0.717, 1.165) is 11.1 Å². The molecule has 0 aliphatic carbocycles. The number of hydrogen-bond donors (Lipinski definition) is 1. The second kappa shape index (κ2) is 8.53. The minimum absolute atomic E-state index is 0.0632. The predicted octanol–water partition coefficient (Wildman–Crippen LogP) is 3.87. The molecule has 4 nitrogen and oxygen atoms in total. The largest absolute Gasteiger partial charge is 0.391 e. The SMILES string of the molecule is CCC(=O)C1C(OC(c2ccc(F)cc2)c2ccc(F)cc2)CC2CC(O)C1N2C. The third kappa shape index (κ3) is 3.92. The van der Waals surface area contributed by atoms with Crippen molar-refractivity contribution in [3.63, 3.8) is 0 Å². The zero-order valence-electron chi connectivity index (χ0n) is 17.2. The number of carbonyl (C=O) groups is 1. The van der Waals surface area contributed by atoms with Gasteiger partial charge in [-0.05, 0) is 55.3 Å². The van der Waals surface area contributed by atoms with Crippen LogP contribution in [0.15, 0.2) is 48.5 Å². The highest BCUT2D eigenvalue weighted by atomic mass is 19.1. The van der Waals surface area contributed by atoms with E-state index in [2.05, 4.69) is 4.90 Å². The third-order valence-electron chi connectivity index (χ3n) is 6.60. The summed E-state index contributed by atoms with van der Waals surface area (Å²) in [7, 11) is 1.95. The van der Waals surface area contributed by atoms with Crippen molar-refractivity contribution in [2.75, 3.05) is 7.05 Å². The van der Waals surface area contributed by atoms with E-state index in [1.165, 1.54) is 24.3 Å². The number of ether oxygens (including phenoxy) is 1. The van der Waals surface area contributed by atoms with E-state index in [9.17, 15) is 18.7 Å². The number of benzene rings is 2. The molecule has 6 heteroatoms. The zero-order chi connectivity index (χ0) is 21.4. The highest BCUT2D eigenvalue weighted by molar-refractivity contribution is 5.82. The Hall–Kier alpha value is -2.15. The number of halogens is 2. The molecule has 2 aromatic carbocycles. The van der Waals surface area contributed by atoms with Crippen LogP contribution in [0, 0.1) is 17.6 Å². The van der Waals surface area contributed by atoms with Gasteiger partial charge in [-0.15, -0.1) is 0 Å². The van der Waals surface area contributed by atoms with Gasteiger partial charge in [-0.3, -0.25) is 9.69 Å². The Labute approximate surface area is 175 Å². The maximum absolute atomic E-state index is 13.5. The molecule has 0 amide bonds. The van der Waals surface area contributed by atoms with Gasteiger partial charge < -0.3 is 9.84 Å². The monoisotopic (exact) mass is 415 g/mol. The van der Waals surface area contributed by atoms with Crippen LogP contribution in [0.5, 0.6) is 0 Å². The van der Waals surface area contributed by atoms with Crippen molar-refractivity contribution in [1.82, 2.24) is 4.90 Å². The van der Waals surface area contributed by atoms with Gasteiger partial charge in [0.2, 0.25) is 0 Å². The number of aliphatic hydroxyl groups excluding tert-OH is 1. The summed E-state index contributed by atoms with van der Waals surface area (Å²) in [6, 6.07) is 11.9. The molecule has 30 heavy (non-hydrogen) atoms. The van der Waals surface area contributed by atoms with E-state index < -0.39 is 18.1 Å². The van der Waals surface area contributed by atoms with E-state index >= 15 is 0 Å². The number of aliphatic hydroxyl groups is 1. The van der Waals surface area contributed by atoms with E-state index in [4.69, 9.17) is 4.74 Å². The van der Waals surface area contributed by atoms with E-state index in [1.54, 1.807) is 24.3 Å². The Bertz CT molecular complexity index is 841. The second-order valence-electron chi connectivity index (χ2n) is 8.35. The maximum atomic E-state index is 13.5. The fraction of sp³-hybridized carbons (Fsp3) is 0.458. The summed E-state index contributed by atoms with van der Waals surface area (Å²) in [5, 5.41) is 10.6. The highest BCUT2D eigenvalue weighted by Gasteiger charge is 2.53. The lowest BCUT2D eigenvalue weighted by Gasteiger charge is -2.43. The Morgan fingerprint density at radius 2 is 1.60 bits per heavy atom. The van der Waals surface area contributed by atoms with Crippen molar-refractivity contribution in [2.45, 2.75) is 56.6 Å². The van der Waals surface area contributed by atoms with Crippen molar-refractivity contribution in [3.05, 3.63) is 71.3 Å². The van der Waals surface area contributed by atoms with Crippen LogP contribution in [-0.4, -0.2) is 47.1 Å². The summed E-state index contributed by atoms with van der Waals surface area (Å²) in [6.45, 7) is 1.82. The van der Waals surface area contributed by atoms with Gasteiger partial charge in [-0.25, -0.2) is 8.78 Å². The molecule has 2 fully saturated rings. The molecule has 0 saturated carbocycles. The summed E-state index contributed by atoms with van der Waals surface area (Å²) < 4.78 is 33.6. The molecule has 160 valence electrons. The number of ketones is 1. The number of Topliss-reactive ketones (excluding diaryl/α,β-unsaturated/α-hetero) is 1. The first-order valence-electron chi connectivity index (χ1n) is 10.5. The summed E-state index contributed by atoms with van der Waals surface area (Å²) in [5.41, 5.74) is 1.47. The van der Waals surface area contributed by atoms with Crippen molar-refractivity contribution in [3.8, 4) is 0 Å². The molecular formula is C24H27F2NO3. The normalized spacial score (nSPS) is 28.8. The van der Waals surface area contributed by atoms with Crippen LogP contribution in [0.25, 0.3) is 0 Å². The Balaban J connectivity index is 1.70. The third-order valence-corrected chi connectivity index (χ3v) is 6.60. The molecule has 4 rings (SSSR count). The van der Waals surface area contributed by atoms with Crippen LogP contribution >= 0.6 is 0 Å². The fourth-order valence-corrected chi connectivity index (χ4v) is 5.06. The first-order valence-corrected chi connectivity index (χ1v) is 10.5. The lowest BCUT2D eigenvalue weighted by Crippen LogP contribution is -2.55. The summed E-state index contributed by atoms with van der Waals surface area (Å²) >= 11 is 0. The first kappa shape index (κ1) is 21.1. The van der Waals surface area contributed by atoms with Gasteiger partial charge in [-0.2, -0.15) is 0 Å². The van der Waals surface area contributed by atoms with Gasteiger partial charge in [0.25, 0.3) is 0 Å². The molecule has 5 atom stereocenters. The number of hydrogen-bond acceptors (Lipinski definition) is 4. The summed E-state index contributed by atoms with van der Waals surface area (Å²) in [5.74, 6) is -1.09. The molecule has 2 heterocycles. The van der Waals surface area contributed by atoms with Crippen LogP contribution in [0.3, 0.4) is 0 Å². The average molecular weight is 415 g/mol. The molecule has 5 unspecified atom stereocenters. The van der Waals surface area contributed by atoms with E-state index in [1.807, 2.05) is 14.0 Å². The van der Waals surface area contributed by atoms with E-state index in [-0.39, 0.29) is 35.6 Å². The summed E-state index contributed by atoms with van der Waals surface area (Å²) in [6.07, 6.45) is 0.0868. The van der Waals surface area contributed by atoms with Gasteiger partial charge in [0.15, 0.2) is 0 Å². The first-order chi connectivity index (χ1) is 14.4. The van der Waals surface area contributed by atoms with Crippen LogP contribution in [0.1, 0.15) is 43.4 Å². The van der Waals surface area contributed by atoms with Crippen LogP contribution in [0.2, 0.25) is 0 Å². The molecule has 2 bridgehead atoms. The summed E-state index contributed by atoms with van der Waals surface area (Å²) in [4.78, 5) is 15.0. The van der Waals surface area contributed by atoms with E-state index in [0.29, 0.717) is 19.3 Å². The van der Waals surface area contributed by atoms with Crippen molar-refractivity contribution >= 4 is 5.78 Å². The Morgan fingerprint density at radius 1 is 1.07 bits per heavy atom. The predicted molar refractivity (Wildman–Crippen MR) is 109 cm³/mol. The standard InChI is InChI=1S/C24H27F2NO3/c1-3-19(28)22-21(13-18-12-20(29)23(22)27(18)2)30-24(14-4-8-16(25)9-5-14)15-6-10-17(26)11-7-15/h4-11,18,20-24,29H,3,12-13H2,1-2H3. The molecule has 2 aliphatic rings. The Morgan fingerprint density at radius 3 is 2.10 bits per heavy atom. The maximum Gasteiger partial charge on any atom is 0.139 e. The van der Waals surface area contributed by atoms with Crippen LogP contribution in [0.4, 0.5) is 8.78 Å². The molecule has 2 aliphatic heterocycles. The lowest BCUT2D eigenvalue weighted by atomic mass is 9.82. The lowest BCUT2D eigenvalue weighted by molar-refractivity contribution is -0.142. The van der Waals surface area contributed by atoms with Gasteiger partial charge >= 0.3 is 0 Å². The minimum Gasteiger partial charge on any atom is -0.391 e. The van der Waals surface area contributed by atoms with Gasteiger partial charge in [0, 0.05) is 18.5 Å². The molecular weight excluding hydrogens is 388 g/mol. The van der Waals surface area contributed by atoms with Crippen molar-refractivity contribution in [2.24, 2.45) is 5.92 Å². The van der Waals surface area contributed by atoms with Gasteiger partial charge in [0.1, 0.15) is 23.5 Å². The van der Waals surface area contributed by atoms with Crippen molar-refractivity contribution in [1.29, 1.82) is 0 Å². The second-order valence-corrected chi connectivity index (χ2v) is 8.35. The van der Waals surface area contributed by atoms with Gasteiger partial charge in [0.05, 0.1) is 18.1 Å². The number of carbonyl (C=O) groups excluding carboxylic acids is 1. The highest BCUT2D eigenvalue weighted by Crippen LogP contribution is 2.43. The smallest absolute Gasteiger partial charge is 0.139 e. The Kier molecular flexibility index (Phi) is 6.00. The van der Waals surface area contributed by atoms with Crippen LogP contribution < -0.4 is 0 Å². The molecule has 2 aromatic rings. The minimum atomic E-state index is -0.566. The molecule has 0 spiro atoms. The van der Waals surface area contributed by atoms with Gasteiger partial charge in [-0.1, -0.05) is 31.2 Å². The molecule has 2 saturated heterocycles. The molecule has 1 N–H and O–H groups in total. The molecule has 0 radical (unpaired) electrons. The number of fused-ring (bicyclic) bond motifs is 2. The number of piperidine rings is 1. The van der Waals surface area contributed by atoms with Crippen molar-refractivity contribution < 1.29 is 23.4 Å². The number of rotatable bonds is 6. The quantitative estimate of drug-likeness (QED) is 0.778. The fourth-order valence-electron chi connectivity index (χ4n) is 5.06. The topological polar surface area (TPSA) is 49.8 Å². The number of likely N-dealkylation sites (N-methyl/N-ethyl adjacent to an activating group) is 1.